The third kappa shape index (κ3) is 3.27. The minimum atomic E-state index is -0.971. The van der Waals surface area contributed by atoms with E-state index in [0.717, 1.165) is 9.37 Å². The van der Waals surface area contributed by atoms with Gasteiger partial charge in [0.2, 0.25) is 0 Å². The third-order valence-corrected chi connectivity index (χ3v) is 4.69. The maximum absolute atomic E-state index is 13.7. The number of carbonyl (C=O) groups excluding carboxylic acids is 2. The number of β-amino-alcohol motifs (C(OH)–C–C–N with tert-alkyl or cyclic N) is 1. The van der Waals surface area contributed by atoms with Gasteiger partial charge < -0.3 is 15.1 Å². The number of aliphatic hydroxyl groups excluding tert-OH is 2. The fraction of sp³-hybridized carbons (Fsp3) is 0.158. The summed E-state index contributed by atoms with van der Waals surface area (Å²) in [6, 6.07) is 11.1. The number of hydrogen-bond donors (Lipinski definition) is 2. The Morgan fingerprint density at radius 3 is 2.46 bits per heavy atom. The van der Waals surface area contributed by atoms with Crippen LogP contribution in [0.5, 0.6) is 0 Å². The summed E-state index contributed by atoms with van der Waals surface area (Å²) in [7, 11) is 0. The zero-order valence-corrected chi connectivity index (χ0v) is 15.1. The average Bonchev–Trinajstić information content (AvgIpc) is 2.87. The van der Waals surface area contributed by atoms with Gasteiger partial charge in [-0.05, 0) is 29.8 Å². The normalized spacial score (nSPS) is 19.2. The Kier molecular flexibility index (Phi) is 5.20. The van der Waals surface area contributed by atoms with E-state index in [4.69, 9.17) is 0 Å². The number of halogens is 2. The number of benzene rings is 2. The maximum Gasteiger partial charge on any atom is 0.295 e. The van der Waals surface area contributed by atoms with Gasteiger partial charge in [0.05, 0.1) is 18.2 Å². The SMILES string of the molecule is O=C1C(=O)N(CCO)[C@H](c2cccc(F)c2)C1=C(O)c1ccc(Br)cc1. The fourth-order valence-electron chi connectivity index (χ4n) is 3.00. The highest BCUT2D eigenvalue weighted by Crippen LogP contribution is 2.39. The van der Waals surface area contributed by atoms with Crippen LogP contribution in [0.25, 0.3) is 5.76 Å². The van der Waals surface area contributed by atoms with Crippen LogP contribution in [0.4, 0.5) is 4.39 Å². The molecule has 2 aromatic carbocycles. The molecule has 0 unspecified atom stereocenters. The summed E-state index contributed by atoms with van der Waals surface area (Å²) in [5.41, 5.74) is 0.573. The topological polar surface area (TPSA) is 77.8 Å². The van der Waals surface area contributed by atoms with E-state index >= 15 is 0 Å². The predicted octanol–water partition coefficient (Wildman–Crippen LogP) is 3.00. The molecule has 0 saturated carbocycles. The van der Waals surface area contributed by atoms with E-state index in [2.05, 4.69) is 15.9 Å². The van der Waals surface area contributed by atoms with Crippen LogP contribution >= 0.6 is 15.9 Å². The Morgan fingerprint density at radius 1 is 1.15 bits per heavy atom. The van der Waals surface area contributed by atoms with Crippen LogP contribution in [0.1, 0.15) is 17.2 Å². The Morgan fingerprint density at radius 2 is 1.85 bits per heavy atom. The quantitative estimate of drug-likeness (QED) is 0.453. The number of rotatable bonds is 4. The number of nitrogens with zero attached hydrogens (tertiary/aromatic N) is 1. The Labute approximate surface area is 157 Å². The maximum atomic E-state index is 13.7. The largest absolute Gasteiger partial charge is 0.507 e. The molecule has 0 aliphatic carbocycles. The van der Waals surface area contributed by atoms with Gasteiger partial charge >= 0.3 is 0 Å². The van der Waals surface area contributed by atoms with Crippen molar-refractivity contribution in [3.05, 3.63) is 75.5 Å². The van der Waals surface area contributed by atoms with E-state index in [1.54, 1.807) is 30.3 Å². The van der Waals surface area contributed by atoms with Crippen molar-refractivity contribution in [1.82, 2.24) is 4.90 Å². The fourth-order valence-corrected chi connectivity index (χ4v) is 3.27. The average molecular weight is 420 g/mol. The summed E-state index contributed by atoms with van der Waals surface area (Å²) in [6.07, 6.45) is 0. The Balaban J connectivity index is 2.19. The molecule has 2 N–H and O–H groups in total. The van der Waals surface area contributed by atoms with Crippen LogP contribution in [0.2, 0.25) is 0 Å². The molecule has 26 heavy (non-hydrogen) atoms. The van der Waals surface area contributed by atoms with Crippen LogP contribution in [0, 0.1) is 5.82 Å². The number of aliphatic hydroxyl groups is 2. The first-order chi connectivity index (χ1) is 12.4. The van der Waals surface area contributed by atoms with Crippen molar-refractivity contribution in [1.29, 1.82) is 0 Å². The smallest absolute Gasteiger partial charge is 0.295 e. The minimum Gasteiger partial charge on any atom is -0.507 e. The van der Waals surface area contributed by atoms with Gasteiger partial charge in [0.25, 0.3) is 11.7 Å². The lowest BCUT2D eigenvalue weighted by molar-refractivity contribution is -0.140. The zero-order chi connectivity index (χ0) is 18.8. The number of carbonyl (C=O) groups is 2. The van der Waals surface area contributed by atoms with Crippen molar-refractivity contribution in [2.75, 3.05) is 13.2 Å². The van der Waals surface area contributed by atoms with E-state index < -0.39 is 23.5 Å². The molecule has 0 spiro atoms. The van der Waals surface area contributed by atoms with Crippen molar-refractivity contribution >= 4 is 33.4 Å². The first-order valence-electron chi connectivity index (χ1n) is 7.84. The molecule has 1 aliphatic rings. The summed E-state index contributed by atoms with van der Waals surface area (Å²) in [5, 5.41) is 20.0. The van der Waals surface area contributed by atoms with Crippen molar-refractivity contribution in [2.24, 2.45) is 0 Å². The predicted molar refractivity (Wildman–Crippen MR) is 96.6 cm³/mol. The monoisotopic (exact) mass is 419 g/mol. The molecule has 1 atom stereocenters. The van der Waals surface area contributed by atoms with Gasteiger partial charge in [0.15, 0.2) is 0 Å². The molecule has 134 valence electrons. The zero-order valence-electron chi connectivity index (χ0n) is 13.5. The molecule has 0 radical (unpaired) electrons. The Bertz CT molecular complexity index is 895. The molecule has 0 bridgehead atoms. The summed E-state index contributed by atoms with van der Waals surface area (Å²) >= 11 is 3.29. The van der Waals surface area contributed by atoms with Crippen molar-refractivity contribution < 1.29 is 24.2 Å². The van der Waals surface area contributed by atoms with Gasteiger partial charge in [-0.15, -0.1) is 0 Å². The molecule has 1 amide bonds. The summed E-state index contributed by atoms with van der Waals surface area (Å²) in [4.78, 5) is 26.1. The van der Waals surface area contributed by atoms with Crippen molar-refractivity contribution in [2.45, 2.75) is 6.04 Å². The molecular weight excluding hydrogens is 405 g/mol. The highest BCUT2D eigenvalue weighted by atomic mass is 79.9. The minimum absolute atomic E-state index is 0.108. The molecule has 7 heteroatoms. The van der Waals surface area contributed by atoms with E-state index in [1.807, 2.05) is 0 Å². The van der Waals surface area contributed by atoms with Crippen LogP contribution in [0.3, 0.4) is 0 Å². The van der Waals surface area contributed by atoms with Gasteiger partial charge in [-0.25, -0.2) is 4.39 Å². The lowest BCUT2D eigenvalue weighted by Gasteiger charge is -2.24. The summed E-state index contributed by atoms with van der Waals surface area (Å²) < 4.78 is 14.5. The number of Topliss-reactive ketones (excluding diaryl/α,β-unsaturated/α-hetero) is 1. The first kappa shape index (κ1) is 18.3. The number of likely N-dealkylation sites (tertiary alicyclic amines) is 1. The lowest BCUT2D eigenvalue weighted by Crippen LogP contribution is -2.32. The second-order valence-corrected chi connectivity index (χ2v) is 6.69. The van der Waals surface area contributed by atoms with Gasteiger partial charge in [0.1, 0.15) is 11.6 Å². The molecule has 2 aromatic rings. The van der Waals surface area contributed by atoms with E-state index in [9.17, 15) is 24.2 Å². The van der Waals surface area contributed by atoms with Crippen LogP contribution in [0.15, 0.2) is 58.6 Å². The van der Waals surface area contributed by atoms with Crippen molar-refractivity contribution in [3.63, 3.8) is 0 Å². The number of ketones is 1. The first-order valence-corrected chi connectivity index (χ1v) is 8.64. The van der Waals surface area contributed by atoms with Gasteiger partial charge in [-0.2, -0.15) is 0 Å². The van der Waals surface area contributed by atoms with Gasteiger partial charge in [0, 0.05) is 16.6 Å². The lowest BCUT2D eigenvalue weighted by atomic mass is 9.95. The van der Waals surface area contributed by atoms with Crippen LogP contribution in [-0.4, -0.2) is 40.0 Å². The molecule has 1 aliphatic heterocycles. The summed E-state index contributed by atoms with van der Waals surface area (Å²) in [6.45, 7) is -0.472. The third-order valence-electron chi connectivity index (χ3n) is 4.16. The van der Waals surface area contributed by atoms with E-state index in [-0.39, 0.29) is 24.5 Å². The highest BCUT2D eigenvalue weighted by Gasteiger charge is 2.45. The molecule has 0 aromatic heterocycles. The molecule has 1 fully saturated rings. The highest BCUT2D eigenvalue weighted by molar-refractivity contribution is 9.10. The standard InChI is InChI=1S/C19H15BrFNO4/c20-13-6-4-11(5-7-13)17(24)15-16(12-2-1-3-14(21)10-12)22(8-9-23)19(26)18(15)25/h1-7,10,16,23-24H,8-9H2/t16-/m1/s1. The van der Waals surface area contributed by atoms with E-state index in [0.29, 0.717) is 11.1 Å². The second-order valence-electron chi connectivity index (χ2n) is 5.78. The molecule has 5 nitrogen and oxygen atoms in total. The number of amides is 1. The van der Waals surface area contributed by atoms with E-state index in [1.165, 1.54) is 18.2 Å². The van der Waals surface area contributed by atoms with Crippen LogP contribution in [-0.2, 0) is 9.59 Å². The van der Waals surface area contributed by atoms with Gasteiger partial charge in [-0.1, -0.05) is 40.2 Å². The van der Waals surface area contributed by atoms with Crippen LogP contribution < -0.4 is 0 Å². The molecule has 1 heterocycles. The van der Waals surface area contributed by atoms with Gasteiger partial charge in [-0.3, -0.25) is 9.59 Å². The molecular formula is C19H15BrFNO4. The second kappa shape index (κ2) is 7.39. The summed E-state index contributed by atoms with van der Waals surface area (Å²) in [5.74, 6) is -2.58. The molecule has 3 rings (SSSR count). The number of hydrogen-bond acceptors (Lipinski definition) is 4. The molecule has 1 saturated heterocycles. The Hall–Kier alpha value is -2.51. The van der Waals surface area contributed by atoms with Crippen molar-refractivity contribution in [3.8, 4) is 0 Å².